The fraction of sp³-hybridized carbons (Fsp3) is 0.316. The van der Waals surface area contributed by atoms with Crippen molar-refractivity contribution >= 4 is 15.9 Å². The Bertz CT molecular complexity index is 723. The molecule has 0 saturated carbocycles. The summed E-state index contributed by atoms with van der Waals surface area (Å²) in [4.78, 5) is 0. The lowest BCUT2D eigenvalue weighted by atomic mass is 9.85. The number of benzene rings is 2. The van der Waals surface area contributed by atoms with Crippen LogP contribution < -0.4 is 4.74 Å². The van der Waals surface area contributed by atoms with Crippen LogP contribution >= 0.6 is 15.9 Å². The Morgan fingerprint density at radius 1 is 1.18 bits per heavy atom. The van der Waals surface area contributed by atoms with E-state index in [0.29, 0.717) is 12.2 Å². The number of aryl methyl sites for hydroxylation is 1. The monoisotopic (exact) mass is 357 g/mol. The van der Waals surface area contributed by atoms with Gasteiger partial charge in [-0.25, -0.2) is 0 Å². The molecular formula is C19H20BrNO. The first-order chi connectivity index (χ1) is 10.3. The molecule has 2 nitrogen and oxygen atoms in total. The van der Waals surface area contributed by atoms with Crippen molar-refractivity contribution in [2.24, 2.45) is 0 Å². The maximum absolute atomic E-state index is 9.18. The fourth-order valence-electron chi connectivity index (χ4n) is 2.34. The van der Waals surface area contributed by atoms with Crippen molar-refractivity contribution in [2.45, 2.75) is 39.7 Å². The molecule has 0 fully saturated rings. The maximum atomic E-state index is 9.18. The lowest BCUT2D eigenvalue weighted by Gasteiger charge is -2.24. The van der Waals surface area contributed by atoms with Gasteiger partial charge in [0.2, 0.25) is 0 Å². The lowest BCUT2D eigenvalue weighted by molar-refractivity contribution is 0.295. The average molecular weight is 358 g/mol. The summed E-state index contributed by atoms with van der Waals surface area (Å²) in [6.07, 6.45) is 0. The first-order valence-corrected chi connectivity index (χ1v) is 8.03. The van der Waals surface area contributed by atoms with Crippen LogP contribution in [0.1, 0.15) is 43.0 Å². The van der Waals surface area contributed by atoms with Gasteiger partial charge in [-0.1, -0.05) is 45.0 Å². The summed E-state index contributed by atoms with van der Waals surface area (Å²) in [5.74, 6) is 0.853. The highest BCUT2D eigenvalue weighted by Gasteiger charge is 2.21. The van der Waals surface area contributed by atoms with Gasteiger partial charge in [-0.2, -0.15) is 5.26 Å². The van der Waals surface area contributed by atoms with E-state index in [4.69, 9.17) is 4.74 Å². The molecule has 2 rings (SSSR count). The van der Waals surface area contributed by atoms with Gasteiger partial charge in [-0.05, 0) is 46.0 Å². The van der Waals surface area contributed by atoms with Gasteiger partial charge in [-0.15, -0.1) is 0 Å². The van der Waals surface area contributed by atoms with Gasteiger partial charge in [0, 0.05) is 11.1 Å². The van der Waals surface area contributed by atoms with Crippen LogP contribution in [0.4, 0.5) is 0 Å². The second kappa shape index (κ2) is 6.54. The smallest absolute Gasteiger partial charge is 0.137 e. The molecule has 0 radical (unpaired) electrons. The molecule has 114 valence electrons. The standard InChI is InChI=1S/C19H20BrNO/c1-13-9-16(19(2,3)4)18(17(20)10-13)22-12-15-8-6-5-7-14(15)11-21/h5-10H,12H2,1-4H3. The summed E-state index contributed by atoms with van der Waals surface area (Å²) in [5.41, 5.74) is 3.90. The first kappa shape index (κ1) is 16.6. The van der Waals surface area contributed by atoms with Gasteiger partial charge in [0.15, 0.2) is 0 Å². The molecule has 2 aromatic carbocycles. The van der Waals surface area contributed by atoms with Crippen LogP contribution in [0.5, 0.6) is 5.75 Å². The average Bonchev–Trinajstić information content (AvgIpc) is 2.45. The molecule has 0 bridgehead atoms. The van der Waals surface area contributed by atoms with E-state index in [9.17, 15) is 5.26 Å². The highest BCUT2D eigenvalue weighted by molar-refractivity contribution is 9.10. The molecule has 3 heteroatoms. The fourth-order valence-corrected chi connectivity index (χ4v) is 3.03. The summed E-state index contributed by atoms with van der Waals surface area (Å²) >= 11 is 3.61. The van der Waals surface area contributed by atoms with Crippen molar-refractivity contribution < 1.29 is 4.74 Å². The van der Waals surface area contributed by atoms with E-state index in [0.717, 1.165) is 21.3 Å². The maximum Gasteiger partial charge on any atom is 0.137 e. The predicted molar refractivity (Wildman–Crippen MR) is 93.1 cm³/mol. The van der Waals surface area contributed by atoms with E-state index < -0.39 is 0 Å². The van der Waals surface area contributed by atoms with Gasteiger partial charge in [0.25, 0.3) is 0 Å². The van der Waals surface area contributed by atoms with Crippen LogP contribution in [0, 0.1) is 18.3 Å². The van der Waals surface area contributed by atoms with Crippen molar-refractivity contribution in [3.8, 4) is 11.8 Å². The van der Waals surface area contributed by atoms with Gasteiger partial charge in [0.1, 0.15) is 12.4 Å². The minimum absolute atomic E-state index is 0.0153. The quantitative estimate of drug-likeness (QED) is 0.725. The molecule has 0 N–H and O–H groups in total. The number of ether oxygens (including phenoxy) is 1. The second-order valence-corrected chi connectivity index (χ2v) is 7.29. The SMILES string of the molecule is Cc1cc(Br)c(OCc2ccccc2C#N)c(C(C)(C)C)c1. The molecule has 0 heterocycles. The normalized spacial score (nSPS) is 11.1. The number of nitrogens with zero attached hydrogens (tertiary/aromatic N) is 1. The Hall–Kier alpha value is -1.79. The summed E-state index contributed by atoms with van der Waals surface area (Å²) in [5, 5.41) is 9.18. The van der Waals surface area contributed by atoms with Crippen LogP contribution in [0.25, 0.3) is 0 Å². The molecule has 0 spiro atoms. The minimum Gasteiger partial charge on any atom is -0.487 e. The lowest BCUT2D eigenvalue weighted by Crippen LogP contribution is -2.14. The van der Waals surface area contributed by atoms with Crippen LogP contribution in [-0.4, -0.2) is 0 Å². The molecule has 0 aliphatic rings. The number of rotatable bonds is 3. The number of halogens is 1. The highest BCUT2D eigenvalue weighted by Crippen LogP contribution is 2.38. The Morgan fingerprint density at radius 3 is 2.50 bits per heavy atom. The zero-order valence-electron chi connectivity index (χ0n) is 13.4. The van der Waals surface area contributed by atoms with Crippen molar-refractivity contribution in [2.75, 3.05) is 0 Å². The molecule has 0 aromatic heterocycles. The molecule has 0 amide bonds. The van der Waals surface area contributed by atoms with Crippen LogP contribution in [-0.2, 0) is 12.0 Å². The van der Waals surface area contributed by atoms with E-state index in [2.05, 4.69) is 61.8 Å². The van der Waals surface area contributed by atoms with Crippen molar-refractivity contribution in [3.63, 3.8) is 0 Å². The summed E-state index contributed by atoms with van der Waals surface area (Å²) in [7, 11) is 0. The molecular weight excluding hydrogens is 338 g/mol. The molecule has 0 unspecified atom stereocenters. The van der Waals surface area contributed by atoms with Gasteiger partial charge < -0.3 is 4.74 Å². The van der Waals surface area contributed by atoms with Gasteiger partial charge in [0.05, 0.1) is 16.1 Å². The van der Waals surface area contributed by atoms with E-state index >= 15 is 0 Å². The topological polar surface area (TPSA) is 33.0 Å². The summed E-state index contributed by atoms with van der Waals surface area (Å²) in [6.45, 7) is 8.97. The summed E-state index contributed by atoms with van der Waals surface area (Å²) < 4.78 is 7.03. The molecule has 0 saturated heterocycles. The number of hydrogen-bond donors (Lipinski definition) is 0. The van der Waals surface area contributed by atoms with Crippen LogP contribution in [0.3, 0.4) is 0 Å². The van der Waals surface area contributed by atoms with Crippen LogP contribution in [0.15, 0.2) is 40.9 Å². The van der Waals surface area contributed by atoms with E-state index in [1.807, 2.05) is 24.3 Å². The number of nitriles is 1. The Kier molecular flexibility index (Phi) is 4.93. The van der Waals surface area contributed by atoms with Gasteiger partial charge >= 0.3 is 0 Å². The van der Waals surface area contributed by atoms with Crippen LogP contribution in [0.2, 0.25) is 0 Å². The Balaban J connectivity index is 2.36. The molecule has 0 aliphatic heterocycles. The number of hydrogen-bond acceptors (Lipinski definition) is 2. The molecule has 0 atom stereocenters. The largest absolute Gasteiger partial charge is 0.487 e. The predicted octanol–water partition coefficient (Wildman–Crippen LogP) is 5.51. The third kappa shape index (κ3) is 3.69. The van der Waals surface area contributed by atoms with Crippen molar-refractivity contribution in [1.29, 1.82) is 5.26 Å². The van der Waals surface area contributed by atoms with E-state index in [1.54, 1.807) is 0 Å². The zero-order chi connectivity index (χ0) is 16.3. The van der Waals surface area contributed by atoms with Crippen molar-refractivity contribution in [3.05, 3.63) is 63.1 Å². The van der Waals surface area contributed by atoms with E-state index in [-0.39, 0.29) is 5.41 Å². The Labute approximate surface area is 140 Å². The minimum atomic E-state index is -0.0153. The summed E-state index contributed by atoms with van der Waals surface area (Å²) in [6, 6.07) is 14.0. The van der Waals surface area contributed by atoms with E-state index in [1.165, 1.54) is 5.56 Å². The highest BCUT2D eigenvalue weighted by atomic mass is 79.9. The third-order valence-electron chi connectivity index (χ3n) is 3.51. The molecule has 0 aliphatic carbocycles. The Morgan fingerprint density at radius 2 is 1.86 bits per heavy atom. The van der Waals surface area contributed by atoms with Crippen molar-refractivity contribution in [1.82, 2.24) is 0 Å². The second-order valence-electron chi connectivity index (χ2n) is 6.43. The van der Waals surface area contributed by atoms with Gasteiger partial charge in [-0.3, -0.25) is 0 Å². The third-order valence-corrected chi connectivity index (χ3v) is 4.09. The molecule has 2 aromatic rings. The molecule has 22 heavy (non-hydrogen) atoms. The first-order valence-electron chi connectivity index (χ1n) is 7.24. The zero-order valence-corrected chi connectivity index (χ0v) is 15.0.